The van der Waals surface area contributed by atoms with Crippen LogP contribution in [0.1, 0.15) is 90.4 Å². The summed E-state index contributed by atoms with van der Waals surface area (Å²) < 4.78 is 57.5. The van der Waals surface area contributed by atoms with Crippen LogP contribution in [0.2, 0.25) is 0 Å². The van der Waals surface area contributed by atoms with Crippen LogP contribution in [-0.4, -0.2) is 47.1 Å². The molecule has 0 fully saturated rings. The van der Waals surface area contributed by atoms with Crippen LogP contribution in [0.25, 0.3) is 11.1 Å². The molecule has 254 valence electrons. The zero-order chi connectivity index (χ0) is 34.5. The van der Waals surface area contributed by atoms with E-state index in [2.05, 4.69) is 5.32 Å². The van der Waals surface area contributed by atoms with Crippen molar-refractivity contribution in [2.45, 2.75) is 89.9 Å². The molecule has 2 atom stereocenters. The number of aliphatic carboxylic acids is 1. The highest BCUT2D eigenvalue weighted by atomic mass is 19.4. The quantitative estimate of drug-likeness (QED) is 0.275. The number of amides is 1. The number of alkyl halides is 3. The van der Waals surface area contributed by atoms with Gasteiger partial charge in [-0.1, -0.05) is 43.4 Å². The Morgan fingerprint density at radius 3 is 2.38 bits per heavy atom. The Morgan fingerprint density at radius 1 is 1.00 bits per heavy atom. The average Bonchev–Trinajstić information content (AvgIpc) is 2.95. The fourth-order valence-electron chi connectivity index (χ4n) is 6.50. The van der Waals surface area contributed by atoms with Crippen molar-refractivity contribution in [3.8, 4) is 11.1 Å². The Labute approximate surface area is 272 Å². The molecule has 2 N–H and O–H groups in total. The molecule has 1 aromatic heterocycles. The van der Waals surface area contributed by atoms with E-state index in [0.717, 1.165) is 57.8 Å². The number of carboxylic acid groups (broad SMARTS) is 1. The summed E-state index contributed by atoms with van der Waals surface area (Å²) in [6.45, 7) is 3.98. The summed E-state index contributed by atoms with van der Waals surface area (Å²) in [4.78, 5) is 41.1. The number of fused-ring (bicyclic) bond motifs is 4. The van der Waals surface area contributed by atoms with E-state index in [1.807, 2.05) is 19.9 Å². The van der Waals surface area contributed by atoms with Gasteiger partial charge in [-0.3, -0.25) is 14.4 Å². The molecule has 2 heterocycles. The van der Waals surface area contributed by atoms with Crippen LogP contribution in [0.3, 0.4) is 0 Å². The lowest BCUT2D eigenvalue weighted by Crippen LogP contribution is -2.40. The normalized spacial score (nSPS) is 18.1. The number of pyridine rings is 1. The molecule has 0 radical (unpaired) electrons. The van der Waals surface area contributed by atoms with Gasteiger partial charge in [0.25, 0.3) is 5.56 Å². The highest BCUT2D eigenvalue weighted by Gasteiger charge is 2.35. The van der Waals surface area contributed by atoms with Crippen molar-refractivity contribution in [3.05, 3.63) is 92.1 Å². The molecule has 0 aliphatic carbocycles. The van der Waals surface area contributed by atoms with Crippen LogP contribution in [0.15, 0.2) is 47.4 Å². The van der Waals surface area contributed by atoms with E-state index in [9.17, 15) is 37.1 Å². The minimum absolute atomic E-state index is 0.00889. The molecule has 7 nitrogen and oxygen atoms in total. The first-order chi connectivity index (χ1) is 22.1. The van der Waals surface area contributed by atoms with E-state index >= 15 is 0 Å². The Hall–Kier alpha value is -3.99. The molecule has 11 heteroatoms. The van der Waals surface area contributed by atoms with E-state index in [1.54, 1.807) is 37.2 Å². The molecule has 2 bridgehead atoms. The van der Waals surface area contributed by atoms with Crippen molar-refractivity contribution >= 4 is 11.9 Å². The van der Waals surface area contributed by atoms with Gasteiger partial charge in [-0.25, -0.2) is 4.39 Å². The first-order valence-electron chi connectivity index (χ1n) is 16.0. The summed E-state index contributed by atoms with van der Waals surface area (Å²) in [5.74, 6) is -2.14. The minimum Gasteiger partial charge on any atom is -0.481 e. The fourth-order valence-corrected chi connectivity index (χ4v) is 6.50. The highest BCUT2D eigenvalue weighted by molar-refractivity contribution is 5.82. The molecule has 1 aliphatic heterocycles. The first-order valence-corrected chi connectivity index (χ1v) is 16.0. The third-order valence-corrected chi connectivity index (χ3v) is 8.73. The third-order valence-electron chi connectivity index (χ3n) is 8.73. The Kier molecular flexibility index (Phi) is 11.7. The smallest absolute Gasteiger partial charge is 0.416 e. The molecule has 3 aromatic rings. The number of nitrogens with zero attached hydrogens (tertiary/aromatic N) is 2. The number of aromatic nitrogens is 1. The number of carboxylic acids is 1. The SMILES string of the molecule is Cc1cc2cc(c1)[C@H](CC(=O)O)NC(=O)[C@@H](n1cc(CCN(C)C)c(C(F)(F)F)cc1=O)CCCCCCCc1cc(F)cc(C)c1-2. The van der Waals surface area contributed by atoms with E-state index in [1.165, 1.54) is 6.07 Å². The maximum Gasteiger partial charge on any atom is 0.416 e. The van der Waals surface area contributed by atoms with Gasteiger partial charge in [0.05, 0.1) is 18.0 Å². The van der Waals surface area contributed by atoms with Crippen LogP contribution in [0, 0.1) is 19.7 Å². The molecule has 4 rings (SSSR count). The number of carbonyl (C=O) groups is 2. The number of hydrogen-bond acceptors (Lipinski definition) is 4. The molecule has 47 heavy (non-hydrogen) atoms. The zero-order valence-electron chi connectivity index (χ0n) is 27.3. The second kappa shape index (κ2) is 15.3. The number of rotatable bonds is 6. The topological polar surface area (TPSA) is 91.6 Å². The fraction of sp³-hybridized carbons (Fsp3) is 0.472. The van der Waals surface area contributed by atoms with Crippen molar-refractivity contribution in [1.29, 1.82) is 0 Å². The Bertz CT molecular complexity index is 1670. The predicted octanol–water partition coefficient (Wildman–Crippen LogP) is 7.16. The lowest BCUT2D eigenvalue weighted by atomic mass is 9.88. The molecule has 0 saturated carbocycles. The maximum atomic E-state index is 14.5. The summed E-state index contributed by atoms with van der Waals surface area (Å²) in [5, 5.41) is 12.7. The summed E-state index contributed by atoms with van der Waals surface area (Å²) in [5.41, 5.74) is 2.48. The van der Waals surface area contributed by atoms with Crippen molar-refractivity contribution in [1.82, 2.24) is 14.8 Å². The van der Waals surface area contributed by atoms with Crippen LogP contribution >= 0.6 is 0 Å². The molecule has 1 amide bonds. The van der Waals surface area contributed by atoms with Gasteiger partial charge in [-0.2, -0.15) is 13.2 Å². The third kappa shape index (κ3) is 9.31. The number of hydrogen-bond donors (Lipinski definition) is 2. The van der Waals surface area contributed by atoms with Gasteiger partial charge in [-0.15, -0.1) is 0 Å². The van der Waals surface area contributed by atoms with Crippen LogP contribution < -0.4 is 10.9 Å². The van der Waals surface area contributed by atoms with Gasteiger partial charge in [0.2, 0.25) is 5.91 Å². The number of likely N-dealkylation sites (N-methyl/N-ethyl adjacent to an activating group) is 1. The van der Waals surface area contributed by atoms with E-state index in [4.69, 9.17) is 0 Å². The monoisotopic (exact) mass is 657 g/mol. The summed E-state index contributed by atoms with van der Waals surface area (Å²) in [6.07, 6.45) is 0.440. The zero-order valence-corrected chi connectivity index (χ0v) is 27.3. The van der Waals surface area contributed by atoms with Crippen molar-refractivity contribution < 1.29 is 32.3 Å². The largest absolute Gasteiger partial charge is 0.481 e. The van der Waals surface area contributed by atoms with Crippen molar-refractivity contribution in [2.24, 2.45) is 0 Å². The lowest BCUT2D eigenvalue weighted by molar-refractivity contribution is -0.139. The van der Waals surface area contributed by atoms with Crippen LogP contribution in [0.4, 0.5) is 17.6 Å². The average molecular weight is 658 g/mol. The van der Waals surface area contributed by atoms with E-state index in [-0.39, 0.29) is 24.2 Å². The van der Waals surface area contributed by atoms with Gasteiger partial charge in [-0.05, 0) is 105 Å². The Balaban J connectivity index is 1.83. The molecule has 0 spiro atoms. The molecule has 2 aromatic carbocycles. The minimum atomic E-state index is -4.75. The second-order valence-corrected chi connectivity index (χ2v) is 12.9. The number of nitrogens with one attached hydrogen (secondary N) is 1. The molecule has 0 saturated heterocycles. The predicted molar refractivity (Wildman–Crippen MR) is 173 cm³/mol. The van der Waals surface area contributed by atoms with Gasteiger partial charge < -0.3 is 19.9 Å². The molecule has 0 unspecified atom stereocenters. The van der Waals surface area contributed by atoms with Crippen LogP contribution in [0.5, 0.6) is 0 Å². The second-order valence-electron chi connectivity index (χ2n) is 12.9. The van der Waals surface area contributed by atoms with Gasteiger partial charge in [0.1, 0.15) is 11.9 Å². The lowest BCUT2D eigenvalue weighted by Gasteiger charge is -2.26. The molecule has 1 aliphatic rings. The van der Waals surface area contributed by atoms with E-state index in [0.29, 0.717) is 37.4 Å². The summed E-state index contributed by atoms with van der Waals surface area (Å²) in [6, 6.07) is 6.93. The standard InChI is InChI=1S/C36H43F4N3O4/c1-22-14-26-17-27(15-22)34-23(2)16-28(37)18-24(34)10-8-6-5-7-9-11-31(35(47)41-30(26)20-33(45)46)43-21-25(12-13-42(3)4)29(19-32(43)44)36(38,39)40/h14-19,21,30-31H,5-13,20H2,1-4H3,(H,41,47)(H,45,46)/t30-,31-/m0/s1. The number of halogens is 4. The number of benzene rings is 2. The van der Waals surface area contributed by atoms with Crippen molar-refractivity contribution in [3.63, 3.8) is 0 Å². The van der Waals surface area contributed by atoms with Gasteiger partial charge >= 0.3 is 12.1 Å². The summed E-state index contributed by atoms with van der Waals surface area (Å²) >= 11 is 0. The van der Waals surface area contributed by atoms with Crippen molar-refractivity contribution in [2.75, 3.05) is 20.6 Å². The first kappa shape index (κ1) is 35.9. The summed E-state index contributed by atoms with van der Waals surface area (Å²) in [7, 11) is 3.46. The maximum absolute atomic E-state index is 14.5. The molecular weight excluding hydrogens is 614 g/mol. The molecular formula is C36H43F4N3O4. The number of carbonyl (C=O) groups excluding carboxylic acids is 1. The van der Waals surface area contributed by atoms with Crippen LogP contribution in [-0.2, 0) is 28.6 Å². The number of aryl methyl sites for hydroxylation is 3. The van der Waals surface area contributed by atoms with Gasteiger partial charge in [0.15, 0.2) is 0 Å². The highest BCUT2D eigenvalue weighted by Crippen LogP contribution is 2.35. The van der Waals surface area contributed by atoms with Gasteiger partial charge in [0, 0.05) is 18.8 Å². The Morgan fingerprint density at radius 2 is 1.70 bits per heavy atom. The van der Waals surface area contributed by atoms with E-state index < -0.39 is 47.7 Å².